The Morgan fingerprint density at radius 3 is 2.62 bits per heavy atom. The minimum atomic E-state index is -0.183. The van der Waals surface area contributed by atoms with E-state index in [9.17, 15) is 4.79 Å². The van der Waals surface area contributed by atoms with E-state index in [1.165, 1.54) is 11.0 Å². The van der Waals surface area contributed by atoms with Crippen molar-refractivity contribution in [3.8, 4) is 0 Å². The van der Waals surface area contributed by atoms with E-state index in [1.54, 1.807) is 4.68 Å². The molecular weight excluding hydrogens is 328 g/mol. The highest BCUT2D eigenvalue weighted by atomic mass is 16.2. The van der Waals surface area contributed by atoms with Gasteiger partial charge in [0.05, 0.1) is 18.4 Å². The van der Waals surface area contributed by atoms with Crippen molar-refractivity contribution >= 4 is 23.9 Å². The Bertz CT molecular complexity index is 923. The minimum Gasteiger partial charge on any atom is -0.306 e. The third kappa shape index (κ3) is 4.05. The number of nitrogens with one attached hydrogen (secondary N) is 1. The standard InChI is InChI=1S/C19H22N6O/c1-4-25-20-12-18(23-25)21-19(26)13-24-15(3)17(14(2)22-24)11-10-16-8-6-5-7-9-16/h5-12H,4,13H2,1-3H3,(H,21,23,26)/b11-10+. The molecule has 0 atom stereocenters. The average Bonchev–Trinajstić information content (AvgIpc) is 3.19. The fourth-order valence-electron chi connectivity index (χ4n) is 2.67. The lowest BCUT2D eigenvalue weighted by molar-refractivity contribution is -0.117. The van der Waals surface area contributed by atoms with Crippen LogP contribution in [0.2, 0.25) is 0 Å². The van der Waals surface area contributed by atoms with E-state index in [4.69, 9.17) is 0 Å². The summed E-state index contributed by atoms with van der Waals surface area (Å²) in [6, 6.07) is 10.1. The van der Waals surface area contributed by atoms with Crippen molar-refractivity contribution < 1.29 is 4.79 Å². The van der Waals surface area contributed by atoms with E-state index < -0.39 is 0 Å². The molecule has 2 aromatic heterocycles. The SMILES string of the molecule is CCn1ncc(NC(=O)Cn2nc(C)c(/C=C/c3ccccc3)c2C)n1. The van der Waals surface area contributed by atoms with Crippen LogP contribution in [0.25, 0.3) is 12.2 Å². The summed E-state index contributed by atoms with van der Waals surface area (Å²) in [7, 11) is 0. The Morgan fingerprint density at radius 2 is 1.92 bits per heavy atom. The van der Waals surface area contributed by atoms with Crippen molar-refractivity contribution in [3.05, 3.63) is 59.0 Å². The zero-order valence-electron chi connectivity index (χ0n) is 15.2. The second kappa shape index (κ2) is 7.77. The van der Waals surface area contributed by atoms with Gasteiger partial charge < -0.3 is 5.32 Å². The number of benzene rings is 1. The van der Waals surface area contributed by atoms with E-state index in [0.717, 1.165) is 22.5 Å². The Hall–Kier alpha value is -3.22. The summed E-state index contributed by atoms with van der Waals surface area (Å²) in [4.78, 5) is 13.8. The molecule has 7 heteroatoms. The maximum absolute atomic E-state index is 12.3. The molecule has 0 aliphatic carbocycles. The molecule has 0 bridgehead atoms. The predicted octanol–water partition coefficient (Wildman–Crippen LogP) is 2.92. The molecule has 3 aromatic rings. The number of aryl methyl sites for hydroxylation is 2. The van der Waals surface area contributed by atoms with Crippen LogP contribution in [0.3, 0.4) is 0 Å². The van der Waals surface area contributed by atoms with Crippen LogP contribution in [0, 0.1) is 13.8 Å². The molecule has 0 saturated carbocycles. The van der Waals surface area contributed by atoms with Gasteiger partial charge in [-0.3, -0.25) is 9.48 Å². The summed E-state index contributed by atoms with van der Waals surface area (Å²) in [6.45, 7) is 6.63. The van der Waals surface area contributed by atoms with Gasteiger partial charge in [0.2, 0.25) is 5.91 Å². The first-order valence-corrected chi connectivity index (χ1v) is 8.54. The predicted molar refractivity (Wildman–Crippen MR) is 101 cm³/mol. The van der Waals surface area contributed by atoms with Crippen LogP contribution in [-0.2, 0) is 17.9 Å². The number of hydrogen-bond acceptors (Lipinski definition) is 4. The van der Waals surface area contributed by atoms with Crippen LogP contribution in [0.1, 0.15) is 29.4 Å². The van der Waals surface area contributed by atoms with Crippen LogP contribution in [0.5, 0.6) is 0 Å². The van der Waals surface area contributed by atoms with Crippen molar-refractivity contribution in [2.75, 3.05) is 5.32 Å². The average molecular weight is 350 g/mol. The van der Waals surface area contributed by atoms with Crippen molar-refractivity contribution in [3.63, 3.8) is 0 Å². The fourth-order valence-corrected chi connectivity index (χ4v) is 2.67. The lowest BCUT2D eigenvalue weighted by atomic mass is 10.1. The summed E-state index contributed by atoms with van der Waals surface area (Å²) in [5.41, 5.74) is 3.98. The molecule has 0 spiro atoms. The molecule has 0 unspecified atom stereocenters. The molecule has 7 nitrogen and oxygen atoms in total. The smallest absolute Gasteiger partial charge is 0.247 e. The van der Waals surface area contributed by atoms with Gasteiger partial charge in [-0.2, -0.15) is 15.0 Å². The van der Waals surface area contributed by atoms with Crippen molar-refractivity contribution in [1.82, 2.24) is 24.8 Å². The van der Waals surface area contributed by atoms with Crippen molar-refractivity contribution in [2.24, 2.45) is 0 Å². The zero-order chi connectivity index (χ0) is 18.5. The van der Waals surface area contributed by atoms with Crippen LogP contribution < -0.4 is 5.32 Å². The number of amides is 1. The molecule has 0 aliphatic rings. The van der Waals surface area contributed by atoms with Crippen molar-refractivity contribution in [2.45, 2.75) is 33.9 Å². The normalized spacial score (nSPS) is 11.2. The molecule has 1 N–H and O–H groups in total. The Morgan fingerprint density at radius 1 is 1.15 bits per heavy atom. The number of aromatic nitrogens is 5. The third-order valence-corrected chi connectivity index (χ3v) is 4.06. The Labute approximate surface area is 152 Å². The molecule has 0 radical (unpaired) electrons. The van der Waals surface area contributed by atoms with Crippen LogP contribution in [0.15, 0.2) is 36.5 Å². The van der Waals surface area contributed by atoms with E-state index in [1.807, 2.05) is 63.3 Å². The van der Waals surface area contributed by atoms with E-state index >= 15 is 0 Å². The van der Waals surface area contributed by atoms with Gasteiger partial charge in [0.25, 0.3) is 0 Å². The van der Waals surface area contributed by atoms with Crippen LogP contribution in [-0.4, -0.2) is 30.7 Å². The first-order chi connectivity index (χ1) is 12.6. The highest BCUT2D eigenvalue weighted by molar-refractivity contribution is 5.89. The summed E-state index contributed by atoms with van der Waals surface area (Å²) in [5.74, 6) is 0.264. The molecule has 1 aromatic carbocycles. The Kier molecular flexibility index (Phi) is 5.26. The summed E-state index contributed by atoms with van der Waals surface area (Å²) in [6.07, 6.45) is 5.62. The van der Waals surface area contributed by atoms with E-state index in [-0.39, 0.29) is 12.5 Å². The molecule has 0 saturated heterocycles. The number of rotatable bonds is 6. The Balaban J connectivity index is 1.71. The quantitative estimate of drug-likeness (QED) is 0.741. The maximum atomic E-state index is 12.3. The van der Waals surface area contributed by atoms with Gasteiger partial charge in [-0.05, 0) is 26.3 Å². The molecule has 26 heavy (non-hydrogen) atoms. The molecule has 0 fully saturated rings. The summed E-state index contributed by atoms with van der Waals surface area (Å²) >= 11 is 0. The lowest BCUT2D eigenvalue weighted by Gasteiger charge is -2.04. The van der Waals surface area contributed by atoms with Gasteiger partial charge in [0.1, 0.15) is 6.54 Å². The van der Waals surface area contributed by atoms with E-state index in [0.29, 0.717) is 12.4 Å². The topological polar surface area (TPSA) is 77.6 Å². The first-order valence-electron chi connectivity index (χ1n) is 8.54. The minimum absolute atomic E-state index is 0.130. The fraction of sp³-hybridized carbons (Fsp3) is 0.263. The number of carbonyl (C=O) groups is 1. The van der Waals surface area contributed by atoms with Gasteiger partial charge in [-0.25, -0.2) is 0 Å². The highest BCUT2D eigenvalue weighted by Gasteiger charge is 2.13. The molecule has 0 aliphatic heterocycles. The molecular formula is C19H22N6O. The second-order valence-corrected chi connectivity index (χ2v) is 5.95. The van der Waals surface area contributed by atoms with Crippen LogP contribution >= 0.6 is 0 Å². The van der Waals surface area contributed by atoms with Gasteiger partial charge >= 0.3 is 0 Å². The first kappa shape index (κ1) is 17.6. The largest absolute Gasteiger partial charge is 0.306 e. The summed E-state index contributed by atoms with van der Waals surface area (Å²) < 4.78 is 1.71. The van der Waals surface area contributed by atoms with Gasteiger partial charge in [-0.1, -0.05) is 42.5 Å². The number of anilines is 1. The third-order valence-electron chi connectivity index (χ3n) is 4.06. The second-order valence-electron chi connectivity index (χ2n) is 5.95. The maximum Gasteiger partial charge on any atom is 0.247 e. The van der Waals surface area contributed by atoms with Gasteiger partial charge in [0.15, 0.2) is 5.82 Å². The molecule has 2 heterocycles. The molecule has 3 rings (SSSR count). The van der Waals surface area contributed by atoms with Crippen molar-refractivity contribution in [1.29, 1.82) is 0 Å². The summed E-state index contributed by atoms with van der Waals surface area (Å²) in [5, 5.41) is 15.4. The van der Waals surface area contributed by atoms with Crippen LogP contribution in [0.4, 0.5) is 5.82 Å². The number of nitrogens with zero attached hydrogens (tertiary/aromatic N) is 5. The number of carbonyl (C=O) groups excluding carboxylic acids is 1. The highest BCUT2D eigenvalue weighted by Crippen LogP contribution is 2.17. The molecule has 1 amide bonds. The van der Waals surface area contributed by atoms with Gasteiger partial charge in [-0.15, -0.1) is 5.10 Å². The van der Waals surface area contributed by atoms with Gasteiger partial charge in [0, 0.05) is 11.3 Å². The lowest BCUT2D eigenvalue weighted by Crippen LogP contribution is -2.20. The molecule has 134 valence electrons. The zero-order valence-corrected chi connectivity index (χ0v) is 15.2. The van der Waals surface area contributed by atoms with E-state index in [2.05, 4.69) is 20.6 Å². The monoisotopic (exact) mass is 350 g/mol. The number of hydrogen-bond donors (Lipinski definition) is 1.